The summed E-state index contributed by atoms with van der Waals surface area (Å²) in [5, 5.41) is 0. The number of hydrogen-bond donors (Lipinski definition) is 0. The van der Waals surface area contributed by atoms with E-state index < -0.39 is 23.8 Å². The average Bonchev–Trinajstić information content (AvgIpc) is 2.15. The van der Waals surface area contributed by atoms with Crippen LogP contribution in [0.15, 0.2) is 0 Å². The lowest BCUT2D eigenvalue weighted by Crippen LogP contribution is -2.52. The summed E-state index contributed by atoms with van der Waals surface area (Å²) in [5.41, 5.74) is 0. The van der Waals surface area contributed by atoms with Crippen LogP contribution in [0.25, 0.3) is 0 Å². The number of halogens is 5. The van der Waals surface area contributed by atoms with E-state index in [9.17, 15) is 26.7 Å². The third-order valence-corrected chi connectivity index (χ3v) is 3.20. The molecule has 0 aromatic rings. The van der Waals surface area contributed by atoms with Crippen molar-refractivity contribution in [1.29, 1.82) is 0 Å². The van der Waals surface area contributed by atoms with Gasteiger partial charge in [-0.2, -0.15) is 22.0 Å². The molecule has 100 valence electrons. The molecule has 1 aliphatic heterocycles. The van der Waals surface area contributed by atoms with E-state index >= 15 is 0 Å². The molecule has 0 atom stereocenters. The van der Waals surface area contributed by atoms with Gasteiger partial charge in [-0.25, -0.2) is 0 Å². The lowest BCUT2D eigenvalue weighted by molar-refractivity contribution is -0.895. The van der Waals surface area contributed by atoms with Gasteiger partial charge >= 0.3 is 12.1 Å². The third kappa shape index (κ3) is 2.94. The van der Waals surface area contributed by atoms with Crippen LogP contribution in [-0.4, -0.2) is 49.5 Å². The van der Waals surface area contributed by atoms with Crippen molar-refractivity contribution in [2.75, 3.05) is 27.2 Å². The lowest BCUT2D eigenvalue weighted by atomic mass is 9.88. The minimum atomic E-state index is -5.79. The van der Waals surface area contributed by atoms with E-state index in [2.05, 4.69) is 0 Å². The zero-order chi connectivity index (χ0) is 13.5. The van der Waals surface area contributed by atoms with Crippen molar-refractivity contribution < 1.29 is 31.2 Å². The number of hydrogen-bond acceptors (Lipinski definition) is 1. The van der Waals surface area contributed by atoms with E-state index in [-0.39, 0.29) is 12.8 Å². The van der Waals surface area contributed by atoms with Gasteiger partial charge in [0.1, 0.15) is 0 Å². The van der Waals surface area contributed by atoms with Crippen LogP contribution in [0.1, 0.15) is 12.8 Å². The van der Waals surface area contributed by atoms with E-state index in [1.54, 1.807) is 0 Å². The summed E-state index contributed by atoms with van der Waals surface area (Å²) >= 11 is 0. The predicted molar refractivity (Wildman–Crippen MR) is 50.6 cm³/mol. The van der Waals surface area contributed by atoms with E-state index in [1.807, 2.05) is 14.1 Å². The van der Waals surface area contributed by atoms with Gasteiger partial charge in [0, 0.05) is 18.8 Å². The van der Waals surface area contributed by atoms with Gasteiger partial charge in [0.05, 0.1) is 27.2 Å². The molecule has 1 saturated heterocycles. The molecule has 7 heteroatoms. The molecule has 0 bridgehead atoms. The highest BCUT2D eigenvalue weighted by Gasteiger charge is 2.64. The fourth-order valence-electron chi connectivity index (χ4n) is 1.93. The van der Waals surface area contributed by atoms with E-state index in [1.165, 1.54) is 0 Å². The number of carbonyl (C=O) groups excluding carboxylic acids is 1. The number of alkyl halides is 5. The zero-order valence-electron chi connectivity index (χ0n) is 9.65. The Morgan fingerprint density at radius 1 is 1.06 bits per heavy atom. The van der Waals surface area contributed by atoms with Crippen LogP contribution in [-0.2, 0) is 4.79 Å². The van der Waals surface area contributed by atoms with Crippen LogP contribution >= 0.6 is 0 Å². The van der Waals surface area contributed by atoms with Crippen molar-refractivity contribution in [3.63, 3.8) is 0 Å². The molecule has 0 aliphatic carbocycles. The van der Waals surface area contributed by atoms with E-state index in [0.717, 1.165) is 0 Å². The number of ketones is 1. The Bertz CT molecular complexity index is 300. The lowest BCUT2D eigenvalue weighted by Gasteiger charge is -2.37. The van der Waals surface area contributed by atoms with Crippen LogP contribution in [0.2, 0.25) is 0 Å². The molecule has 1 aliphatic rings. The summed E-state index contributed by atoms with van der Waals surface area (Å²) < 4.78 is 62.2. The van der Waals surface area contributed by atoms with Crippen molar-refractivity contribution >= 4 is 5.78 Å². The molecule has 1 rings (SSSR count). The second kappa shape index (κ2) is 4.19. The molecule has 0 radical (unpaired) electrons. The normalized spacial score (nSPS) is 22.5. The van der Waals surface area contributed by atoms with Gasteiger partial charge in [-0.3, -0.25) is 4.79 Å². The Morgan fingerprint density at radius 3 is 1.82 bits per heavy atom. The Morgan fingerprint density at radius 2 is 1.47 bits per heavy atom. The van der Waals surface area contributed by atoms with Crippen molar-refractivity contribution in [2.45, 2.75) is 24.9 Å². The molecule has 0 unspecified atom stereocenters. The summed E-state index contributed by atoms with van der Waals surface area (Å²) in [4.78, 5) is 11.2. The highest BCUT2D eigenvalue weighted by atomic mass is 19.4. The van der Waals surface area contributed by atoms with Crippen LogP contribution in [0, 0.1) is 5.92 Å². The molecular formula is C10H15F5NO+. The molecule has 0 aromatic carbocycles. The Kier molecular flexibility index (Phi) is 3.53. The van der Waals surface area contributed by atoms with Gasteiger partial charge in [0.15, 0.2) is 0 Å². The minimum absolute atomic E-state index is 0.0809. The van der Waals surface area contributed by atoms with Gasteiger partial charge in [-0.15, -0.1) is 0 Å². The topological polar surface area (TPSA) is 17.1 Å². The van der Waals surface area contributed by atoms with Crippen molar-refractivity contribution in [3.8, 4) is 0 Å². The Balaban J connectivity index is 2.73. The second-order valence-electron chi connectivity index (χ2n) is 5.09. The maximum absolute atomic E-state index is 12.8. The maximum atomic E-state index is 12.8. The van der Waals surface area contributed by atoms with Gasteiger partial charge in [-0.05, 0) is 0 Å². The smallest absolute Gasteiger partial charge is 0.328 e. The van der Waals surface area contributed by atoms with Gasteiger partial charge in [0.25, 0.3) is 0 Å². The first-order valence-corrected chi connectivity index (χ1v) is 5.28. The molecule has 0 aromatic heterocycles. The van der Waals surface area contributed by atoms with Crippen LogP contribution in [0.4, 0.5) is 22.0 Å². The van der Waals surface area contributed by atoms with Crippen molar-refractivity contribution in [3.05, 3.63) is 0 Å². The zero-order valence-corrected chi connectivity index (χ0v) is 9.65. The van der Waals surface area contributed by atoms with Gasteiger partial charge in [0.2, 0.25) is 5.78 Å². The van der Waals surface area contributed by atoms with Crippen LogP contribution in [0.3, 0.4) is 0 Å². The largest absolute Gasteiger partial charge is 0.461 e. The fraction of sp³-hybridized carbons (Fsp3) is 0.900. The SMILES string of the molecule is C[N+]1(C)CCC(C(=O)C(F)(F)C(F)(F)F)CC1. The number of rotatable bonds is 2. The molecule has 1 fully saturated rings. The predicted octanol–water partition coefficient (Wildman–Crippen LogP) is 2.24. The molecule has 17 heavy (non-hydrogen) atoms. The van der Waals surface area contributed by atoms with Gasteiger partial charge < -0.3 is 4.48 Å². The number of quaternary nitrogens is 1. The summed E-state index contributed by atoms with van der Waals surface area (Å²) in [5.74, 6) is -8.38. The highest BCUT2D eigenvalue weighted by molar-refractivity contribution is 5.88. The minimum Gasteiger partial charge on any atom is -0.328 e. The first-order valence-electron chi connectivity index (χ1n) is 5.28. The van der Waals surface area contributed by atoms with Crippen molar-refractivity contribution in [1.82, 2.24) is 0 Å². The Labute approximate surface area is 96.0 Å². The summed E-state index contributed by atoms with van der Waals surface area (Å²) in [6, 6.07) is 0. The van der Waals surface area contributed by atoms with Gasteiger partial charge in [-0.1, -0.05) is 0 Å². The van der Waals surface area contributed by atoms with Crippen LogP contribution < -0.4 is 0 Å². The summed E-state index contributed by atoms with van der Waals surface area (Å²) in [7, 11) is 3.70. The van der Waals surface area contributed by atoms with E-state index in [4.69, 9.17) is 0 Å². The number of Topliss-reactive ketones (excluding diaryl/α,β-unsaturated/α-hetero) is 1. The van der Waals surface area contributed by atoms with E-state index in [0.29, 0.717) is 17.6 Å². The Hall–Kier alpha value is -0.720. The maximum Gasteiger partial charge on any atom is 0.461 e. The fourth-order valence-corrected chi connectivity index (χ4v) is 1.93. The average molecular weight is 260 g/mol. The third-order valence-electron chi connectivity index (χ3n) is 3.20. The molecule has 0 amide bonds. The molecule has 0 N–H and O–H groups in total. The number of carbonyl (C=O) groups is 1. The summed E-state index contributed by atoms with van der Waals surface area (Å²) in [6.45, 7) is 0.870. The van der Waals surface area contributed by atoms with Crippen molar-refractivity contribution in [2.24, 2.45) is 5.92 Å². The molecule has 0 saturated carbocycles. The number of nitrogens with zero attached hydrogens (tertiary/aromatic N) is 1. The molecular weight excluding hydrogens is 245 g/mol. The first kappa shape index (κ1) is 14.3. The first-order chi connectivity index (χ1) is 7.47. The monoisotopic (exact) mass is 260 g/mol. The number of likely N-dealkylation sites (tertiary alicyclic amines) is 1. The van der Waals surface area contributed by atoms with Crippen LogP contribution in [0.5, 0.6) is 0 Å². The molecule has 2 nitrogen and oxygen atoms in total. The quantitative estimate of drug-likeness (QED) is 0.549. The summed E-state index contributed by atoms with van der Waals surface area (Å²) in [6.07, 6.45) is -5.62. The second-order valence-corrected chi connectivity index (χ2v) is 5.09. The number of piperidine rings is 1. The standard InChI is InChI=1S/C10H15F5NO/c1-16(2)5-3-7(4-6-16)8(17)9(11,12)10(13,14)15/h7H,3-6H2,1-2H3/q+1. The highest BCUT2D eigenvalue weighted by Crippen LogP contribution is 2.39. The molecule has 1 heterocycles. The molecule has 0 spiro atoms.